The third-order valence-corrected chi connectivity index (χ3v) is 7.78. The summed E-state index contributed by atoms with van der Waals surface area (Å²) in [7, 11) is 0. The Morgan fingerprint density at radius 2 is 1.97 bits per heavy atom. The van der Waals surface area contributed by atoms with E-state index in [1.807, 2.05) is 0 Å². The molecule has 184 valence electrons. The molecule has 2 aromatic heterocycles. The molecule has 1 aliphatic carbocycles. The number of nitrogens with one attached hydrogen (secondary N) is 1. The number of carbonyl (C=O) groups excluding carboxylic acids is 2. The summed E-state index contributed by atoms with van der Waals surface area (Å²) in [6, 6.07) is 5.00. The Morgan fingerprint density at radius 1 is 1.21 bits per heavy atom. The van der Waals surface area contributed by atoms with Crippen molar-refractivity contribution in [3.8, 4) is 0 Å². The van der Waals surface area contributed by atoms with Gasteiger partial charge in [-0.2, -0.15) is 0 Å². The number of halogens is 1. The molecule has 9 nitrogen and oxygen atoms in total. The average Bonchev–Trinajstić information content (AvgIpc) is 3.54. The van der Waals surface area contributed by atoms with Crippen molar-refractivity contribution in [1.29, 1.82) is 0 Å². The molecule has 3 saturated heterocycles. The van der Waals surface area contributed by atoms with Crippen LogP contribution in [-0.4, -0.2) is 63.7 Å². The molecule has 10 heteroatoms. The lowest BCUT2D eigenvalue weighted by atomic mass is 9.81. The Labute approximate surface area is 209 Å². The van der Waals surface area contributed by atoms with Gasteiger partial charge < -0.3 is 41.0 Å². The fraction of sp³-hybridized carbons (Fsp3) is 0.583. The molecule has 1 amide bonds. The fourth-order valence-electron chi connectivity index (χ4n) is 5.96. The molecule has 0 aromatic carbocycles. The van der Waals surface area contributed by atoms with Crippen molar-refractivity contribution in [3.05, 3.63) is 42.7 Å². The van der Waals surface area contributed by atoms with E-state index in [2.05, 4.69) is 15.3 Å². The van der Waals surface area contributed by atoms with Crippen molar-refractivity contribution >= 4 is 17.7 Å². The van der Waals surface area contributed by atoms with Crippen LogP contribution in [0.1, 0.15) is 44.3 Å². The molecule has 0 radical (unpaired) electrons. The number of esters is 1. The van der Waals surface area contributed by atoms with E-state index in [9.17, 15) is 14.7 Å². The number of aromatic nitrogens is 2. The first-order chi connectivity index (χ1) is 16.0. The number of ether oxygens (including phenoxy) is 1. The molecular weight excluding hydrogens is 504 g/mol. The molecule has 2 atom stereocenters. The number of furan rings is 1. The maximum atomic E-state index is 13.4. The maximum absolute atomic E-state index is 13.4. The predicted octanol–water partition coefficient (Wildman–Crippen LogP) is -0.758. The van der Waals surface area contributed by atoms with Gasteiger partial charge in [-0.25, -0.2) is 14.8 Å². The van der Waals surface area contributed by atoms with Crippen LogP contribution in [0.25, 0.3) is 0 Å². The van der Waals surface area contributed by atoms with Crippen LogP contribution in [0, 0.1) is 11.8 Å². The van der Waals surface area contributed by atoms with Gasteiger partial charge in [0.25, 0.3) is 5.91 Å². The van der Waals surface area contributed by atoms with E-state index in [0.29, 0.717) is 23.4 Å². The van der Waals surface area contributed by atoms with Crippen molar-refractivity contribution in [2.24, 2.45) is 11.8 Å². The van der Waals surface area contributed by atoms with Gasteiger partial charge in [0, 0.05) is 30.9 Å². The minimum Gasteiger partial charge on any atom is -1.00 e. The van der Waals surface area contributed by atoms with Crippen LogP contribution in [0.15, 0.2) is 41.4 Å². The standard InChI is InChI=1S/C24H30N4O5.BrH/c29-22(27-21-7-10-25-16-26-21)15-28-11-8-17(9-12-28)19(14-28)33-23(30)24(31,18-4-1-2-5-18)20-6-3-13-32-20;/h3,6-7,10,13,16-19,31H,1-2,4-5,8-9,11-12,14-15H2;1H/t17?,19-,24?,28?;/m0./s1. The van der Waals surface area contributed by atoms with Crippen LogP contribution >= 0.6 is 0 Å². The van der Waals surface area contributed by atoms with Crippen molar-refractivity contribution in [1.82, 2.24) is 9.97 Å². The van der Waals surface area contributed by atoms with Gasteiger partial charge in [0.2, 0.25) is 5.60 Å². The van der Waals surface area contributed by atoms with E-state index in [1.165, 1.54) is 12.6 Å². The van der Waals surface area contributed by atoms with E-state index in [0.717, 1.165) is 51.6 Å². The Kier molecular flexibility index (Phi) is 7.39. The van der Waals surface area contributed by atoms with Crippen LogP contribution in [0.2, 0.25) is 0 Å². The summed E-state index contributed by atoms with van der Waals surface area (Å²) >= 11 is 0. The number of aliphatic hydroxyl groups is 1. The lowest BCUT2D eigenvalue weighted by Crippen LogP contribution is -3.00. The zero-order chi connectivity index (χ0) is 22.9. The van der Waals surface area contributed by atoms with Gasteiger partial charge in [0.05, 0.1) is 19.4 Å². The Hall–Kier alpha value is -2.30. The van der Waals surface area contributed by atoms with Crippen LogP contribution in [0.4, 0.5) is 5.82 Å². The van der Waals surface area contributed by atoms with E-state index >= 15 is 0 Å². The Bertz CT molecular complexity index is 975. The van der Waals surface area contributed by atoms with Gasteiger partial charge in [0.15, 0.2) is 12.6 Å². The molecular formula is C24H31BrN4O5. The molecule has 0 spiro atoms. The number of fused-ring (bicyclic) bond motifs is 3. The largest absolute Gasteiger partial charge is 1.00 e. The third-order valence-electron chi connectivity index (χ3n) is 7.78. The number of nitrogens with zero attached hydrogens (tertiary/aromatic N) is 3. The highest BCUT2D eigenvalue weighted by atomic mass is 79.9. The Morgan fingerprint density at radius 3 is 2.62 bits per heavy atom. The average molecular weight is 535 g/mol. The summed E-state index contributed by atoms with van der Waals surface area (Å²) in [5.41, 5.74) is -1.76. The monoisotopic (exact) mass is 534 g/mol. The summed E-state index contributed by atoms with van der Waals surface area (Å²) in [5, 5.41) is 14.4. The van der Waals surface area contributed by atoms with E-state index in [1.54, 1.807) is 24.4 Å². The lowest BCUT2D eigenvalue weighted by molar-refractivity contribution is -0.939. The minimum absolute atomic E-state index is 0. The zero-order valence-electron chi connectivity index (χ0n) is 19.1. The molecule has 5 heterocycles. The van der Waals surface area contributed by atoms with Gasteiger partial charge in [-0.1, -0.05) is 12.8 Å². The van der Waals surface area contributed by atoms with Gasteiger partial charge in [-0.3, -0.25) is 4.79 Å². The summed E-state index contributed by atoms with van der Waals surface area (Å²) < 4.78 is 12.1. The van der Waals surface area contributed by atoms with Crippen LogP contribution < -0.4 is 22.3 Å². The fourth-order valence-corrected chi connectivity index (χ4v) is 5.96. The predicted molar refractivity (Wildman–Crippen MR) is 118 cm³/mol. The van der Waals surface area contributed by atoms with Crippen molar-refractivity contribution in [3.63, 3.8) is 0 Å². The molecule has 2 aromatic rings. The number of quaternary nitrogens is 1. The van der Waals surface area contributed by atoms with Crippen LogP contribution in [0.5, 0.6) is 0 Å². The van der Waals surface area contributed by atoms with Gasteiger partial charge in [-0.15, -0.1) is 0 Å². The number of carbonyl (C=O) groups is 2. The highest BCUT2D eigenvalue weighted by Gasteiger charge is 2.54. The number of amides is 1. The maximum Gasteiger partial charge on any atom is 0.346 e. The first-order valence-corrected chi connectivity index (χ1v) is 11.9. The molecule has 1 unspecified atom stereocenters. The van der Waals surface area contributed by atoms with E-state index in [4.69, 9.17) is 9.15 Å². The molecule has 2 N–H and O–H groups in total. The smallest absolute Gasteiger partial charge is 0.346 e. The second kappa shape index (κ2) is 10.1. The first-order valence-electron chi connectivity index (χ1n) is 11.9. The second-order valence-corrected chi connectivity index (χ2v) is 9.78. The third kappa shape index (κ3) is 4.76. The van der Waals surface area contributed by atoms with Crippen LogP contribution in [-0.2, 0) is 19.9 Å². The topological polar surface area (TPSA) is 115 Å². The summed E-state index contributed by atoms with van der Waals surface area (Å²) in [4.78, 5) is 34.1. The molecule has 34 heavy (non-hydrogen) atoms. The molecule has 4 aliphatic rings. The van der Waals surface area contributed by atoms with Gasteiger partial charge >= 0.3 is 5.97 Å². The highest BCUT2D eigenvalue weighted by Crippen LogP contribution is 2.43. The number of rotatable bonds is 7. The van der Waals surface area contributed by atoms with Crippen LogP contribution in [0.3, 0.4) is 0 Å². The summed E-state index contributed by atoms with van der Waals surface area (Å²) in [5.74, 6) is 0.0446. The van der Waals surface area contributed by atoms with Crippen molar-refractivity contribution < 1.29 is 45.3 Å². The lowest BCUT2D eigenvalue weighted by Gasteiger charge is -2.51. The molecule has 2 bridgehead atoms. The van der Waals surface area contributed by atoms with Gasteiger partial charge in [0.1, 0.15) is 24.5 Å². The number of hydrogen-bond donors (Lipinski definition) is 2. The first kappa shape index (κ1) is 24.8. The quantitative estimate of drug-likeness (QED) is 0.354. The summed E-state index contributed by atoms with van der Waals surface area (Å²) in [6.07, 6.45) is 9.41. The number of anilines is 1. The van der Waals surface area contributed by atoms with Crippen molar-refractivity contribution in [2.45, 2.75) is 50.2 Å². The minimum atomic E-state index is -1.76. The second-order valence-electron chi connectivity index (χ2n) is 9.78. The summed E-state index contributed by atoms with van der Waals surface area (Å²) in [6.45, 7) is 2.63. The number of piperidine rings is 3. The van der Waals surface area contributed by atoms with E-state index < -0.39 is 11.6 Å². The van der Waals surface area contributed by atoms with Crippen molar-refractivity contribution in [2.75, 3.05) is 31.5 Å². The van der Waals surface area contributed by atoms with E-state index in [-0.39, 0.29) is 46.6 Å². The molecule has 1 saturated carbocycles. The molecule has 6 rings (SSSR count). The molecule has 4 fully saturated rings. The SMILES string of the molecule is O=C(C[N+]12CCC(CC1)[C@@H](OC(=O)C(O)(c1ccco1)C1CCCC1)C2)Nc1ccncn1.[Br-]. The Balaban J connectivity index is 0.00000274. The molecule has 3 aliphatic heterocycles. The normalized spacial score (nSPS) is 28.0. The highest BCUT2D eigenvalue weighted by molar-refractivity contribution is 5.90. The van der Waals surface area contributed by atoms with Gasteiger partial charge in [-0.05, 0) is 31.0 Å². The zero-order valence-corrected chi connectivity index (χ0v) is 20.7. The number of hydrogen-bond acceptors (Lipinski definition) is 7.